The molecule has 5 nitrogen and oxygen atoms in total. The van der Waals surface area contributed by atoms with E-state index >= 15 is 0 Å². The number of nitrogens with zero attached hydrogens (tertiary/aromatic N) is 4. The zero-order valence-corrected chi connectivity index (χ0v) is 15.6. The van der Waals surface area contributed by atoms with Crippen molar-refractivity contribution in [1.29, 1.82) is 0 Å². The van der Waals surface area contributed by atoms with E-state index in [0.29, 0.717) is 43.5 Å². The average Bonchev–Trinajstić information content (AvgIpc) is 3.53. The standard InChI is InChI=1S/C20H20F4N4O/c21-16-11-13(1-4-15(16)14-2-3-14)12-19(29)28-9-7-27(8-10-28)18-6-5-17(25-26-18)20(22,23)24/h1,4-6,11,14H,2-3,7-10,12H2. The smallest absolute Gasteiger partial charge is 0.352 e. The number of aromatic nitrogens is 2. The van der Waals surface area contributed by atoms with Gasteiger partial charge in [0.1, 0.15) is 5.82 Å². The van der Waals surface area contributed by atoms with Gasteiger partial charge in [-0.25, -0.2) is 4.39 Å². The summed E-state index contributed by atoms with van der Waals surface area (Å²) in [6, 6.07) is 7.22. The molecule has 1 aliphatic carbocycles. The van der Waals surface area contributed by atoms with Crippen LogP contribution in [0.5, 0.6) is 0 Å². The first-order valence-electron chi connectivity index (χ1n) is 9.53. The van der Waals surface area contributed by atoms with Gasteiger partial charge in [0.2, 0.25) is 5.91 Å². The summed E-state index contributed by atoms with van der Waals surface area (Å²) in [5.74, 6) is 0.328. The third kappa shape index (κ3) is 4.49. The van der Waals surface area contributed by atoms with Crippen LogP contribution in [0.15, 0.2) is 30.3 Å². The van der Waals surface area contributed by atoms with Gasteiger partial charge in [-0.1, -0.05) is 12.1 Å². The number of benzene rings is 1. The predicted molar refractivity (Wildman–Crippen MR) is 97.9 cm³/mol. The van der Waals surface area contributed by atoms with Gasteiger partial charge in [-0.3, -0.25) is 4.79 Å². The number of alkyl halides is 3. The average molecular weight is 408 g/mol. The van der Waals surface area contributed by atoms with Crippen molar-refractivity contribution in [2.24, 2.45) is 0 Å². The molecule has 0 unspecified atom stereocenters. The first-order chi connectivity index (χ1) is 13.8. The molecule has 2 heterocycles. The highest BCUT2D eigenvalue weighted by molar-refractivity contribution is 5.79. The predicted octanol–water partition coefficient (Wildman–Crippen LogP) is 3.40. The first-order valence-corrected chi connectivity index (χ1v) is 9.53. The van der Waals surface area contributed by atoms with Crippen LogP contribution in [0, 0.1) is 5.82 Å². The molecule has 2 fully saturated rings. The summed E-state index contributed by atoms with van der Waals surface area (Å²) < 4.78 is 51.9. The van der Waals surface area contributed by atoms with Gasteiger partial charge >= 0.3 is 6.18 Å². The van der Waals surface area contributed by atoms with Crippen LogP contribution in [-0.2, 0) is 17.4 Å². The second-order valence-corrected chi connectivity index (χ2v) is 7.45. The highest BCUT2D eigenvalue weighted by Crippen LogP contribution is 2.41. The SMILES string of the molecule is O=C(Cc1ccc(C2CC2)c(F)c1)N1CCN(c2ccc(C(F)(F)F)nn2)CC1. The lowest BCUT2D eigenvalue weighted by Crippen LogP contribution is -2.49. The van der Waals surface area contributed by atoms with Crippen molar-refractivity contribution >= 4 is 11.7 Å². The van der Waals surface area contributed by atoms with Crippen molar-refractivity contribution in [2.75, 3.05) is 31.1 Å². The van der Waals surface area contributed by atoms with Gasteiger partial charge < -0.3 is 9.80 Å². The molecule has 1 saturated heterocycles. The van der Waals surface area contributed by atoms with E-state index in [2.05, 4.69) is 10.2 Å². The number of amides is 1. The van der Waals surface area contributed by atoms with Gasteiger partial charge in [0.25, 0.3) is 0 Å². The van der Waals surface area contributed by atoms with Crippen LogP contribution >= 0.6 is 0 Å². The molecule has 29 heavy (non-hydrogen) atoms. The molecule has 1 saturated carbocycles. The van der Waals surface area contributed by atoms with Crippen LogP contribution in [0.1, 0.15) is 35.6 Å². The Morgan fingerprint density at radius 1 is 1.03 bits per heavy atom. The van der Waals surface area contributed by atoms with E-state index in [1.807, 2.05) is 6.07 Å². The third-order valence-electron chi connectivity index (χ3n) is 5.33. The Labute approximate surface area is 165 Å². The Hall–Kier alpha value is -2.71. The molecule has 1 aromatic carbocycles. The minimum atomic E-state index is -4.52. The topological polar surface area (TPSA) is 49.3 Å². The number of halogens is 4. The summed E-state index contributed by atoms with van der Waals surface area (Å²) in [5.41, 5.74) is 0.343. The lowest BCUT2D eigenvalue weighted by Gasteiger charge is -2.35. The van der Waals surface area contributed by atoms with Crippen molar-refractivity contribution in [3.63, 3.8) is 0 Å². The van der Waals surface area contributed by atoms with Gasteiger partial charge in [0.05, 0.1) is 6.42 Å². The lowest BCUT2D eigenvalue weighted by atomic mass is 10.0. The van der Waals surface area contributed by atoms with Crippen molar-refractivity contribution in [1.82, 2.24) is 15.1 Å². The largest absolute Gasteiger partial charge is 0.435 e. The monoisotopic (exact) mass is 408 g/mol. The number of carbonyl (C=O) groups excluding carboxylic acids is 1. The van der Waals surface area contributed by atoms with Gasteiger partial charge in [0.15, 0.2) is 11.5 Å². The molecule has 1 aromatic heterocycles. The third-order valence-corrected chi connectivity index (χ3v) is 5.33. The van der Waals surface area contributed by atoms with Crippen molar-refractivity contribution in [3.05, 3.63) is 53.0 Å². The second-order valence-electron chi connectivity index (χ2n) is 7.45. The van der Waals surface area contributed by atoms with E-state index in [1.54, 1.807) is 15.9 Å². The van der Waals surface area contributed by atoms with E-state index < -0.39 is 11.9 Å². The molecule has 1 aliphatic heterocycles. The number of carbonyl (C=O) groups is 1. The summed E-state index contributed by atoms with van der Waals surface area (Å²) >= 11 is 0. The maximum atomic E-state index is 14.2. The van der Waals surface area contributed by atoms with Crippen LogP contribution < -0.4 is 4.90 Å². The first kappa shape index (κ1) is 19.6. The molecule has 4 rings (SSSR count). The highest BCUT2D eigenvalue weighted by atomic mass is 19.4. The van der Waals surface area contributed by atoms with E-state index in [4.69, 9.17) is 0 Å². The molecule has 9 heteroatoms. The molecule has 2 aliphatic rings. The Bertz CT molecular complexity index is 888. The van der Waals surface area contributed by atoms with Crippen molar-refractivity contribution in [3.8, 4) is 0 Å². The van der Waals surface area contributed by atoms with Crippen LogP contribution in [0.25, 0.3) is 0 Å². The minimum Gasteiger partial charge on any atom is -0.352 e. The van der Waals surface area contributed by atoms with E-state index in [-0.39, 0.29) is 18.1 Å². The van der Waals surface area contributed by atoms with Gasteiger partial charge in [-0.05, 0) is 48.1 Å². The Morgan fingerprint density at radius 3 is 2.31 bits per heavy atom. The number of rotatable bonds is 4. The summed E-state index contributed by atoms with van der Waals surface area (Å²) in [7, 11) is 0. The number of hydrogen-bond donors (Lipinski definition) is 0. The Balaban J connectivity index is 1.32. The number of hydrogen-bond acceptors (Lipinski definition) is 4. The molecule has 0 radical (unpaired) electrons. The van der Waals surface area contributed by atoms with Crippen LogP contribution in [0.4, 0.5) is 23.4 Å². The van der Waals surface area contributed by atoms with E-state index in [0.717, 1.165) is 24.5 Å². The van der Waals surface area contributed by atoms with Gasteiger partial charge in [-0.15, -0.1) is 10.2 Å². The number of anilines is 1. The quantitative estimate of drug-likeness (QED) is 0.728. The molecule has 154 valence electrons. The molecular weight excluding hydrogens is 388 g/mol. The zero-order valence-electron chi connectivity index (χ0n) is 15.6. The zero-order chi connectivity index (χ0) is 20.6. The maximum absolute atomic E-state index is 14.2. The summed E-state index contributed by atoms with van der Waals surface area (Å²) in [6.45, 7) is 1.73. The summed E-state index contributed by atoms with van der Waals surface area (Å²) in [5, 5.41) is 6.89. The van der Waals surface area contributed by atoms with E-state index in [9.17, 15) is 22.4 Å². The summed E-state index contributed by atoms with van der Waals surface area (Å²) in [6.07, 6.45) is -2.36. The second kappa shape index (κ2) is 7.61. The van der Waals surface area contributed by atoms with Crippen LogP contribution in [-0.4, -0.2) is 47.2 Å². The number of piperazine rings is 1. The molecule has 0 atom stereocenters. The molecular formula is C20H20F4N4O. The van der Waals surface area contributed by atoms with Gasteiger partial charge in [0, 0.05) is 26.2 Å². The van der Waals surface area contributed by atoms with Crippen LogP contribution in [0.3, 0.4) is 0 Å². The lowest BCUT2D eigenvalue weighted by molar-refractivity contribution is -0.141. The Morgan fingerprint density at radius 2 is 1.76 bits per heavy atom. The van der Waals surface area contributed by atoms with Crippen LogP contribution in [0.2, 0.25) is 0 Å². The molecule has 0 spiro atoms. The fourth-order valence-corrected chi connectivity index (χ4v) is 3.52. The fourth-order valence-electron chi connectivity index (χ4n) is 3.52. The summed E-state index contributed by atoms with van der Waals surface area (Å²) in [4.78, 5) is 16.0. The molecule has 0 N–H and O–H groups in total. The fraction of sp³-hybridized carbons (Fsp3) is 0.450. The molecule has 1 amide bonds. The molecule has 2 aromatic rings. The van der Waals surface area contributed by atoms with Crippen molar-refractivity contribution < 1.29 is 22.4 Å². The highest BCUT2D eigenvalue weighted by Gasteiger charge is 2.33. The van der Waals surface area contributed by atoms with E-state index in [1.165, 1.54) is 12.1 Å². The maximum Gasteiger partial charge on any atom is 0.435 e. The normalized spacial score (nSPS) is 17.5. The molecule has 0 bridgehead atoms. The Kier molecular flexibility index (Phi) is 5.14. The minimum absolute atomic E-state index is 0.0956. The van der Waals surface area contributed by atoms with Crippen molar-refractivity contribution in [2.45, 2.75) is 31.4 Å². The van der Waals surface area contributed by atoms with Gasteiger partial charge in [-0.2, -0.15) is 13.2 Å².